The van der Waals surface area contributed by atoms with Crippen molar-refractivity contribution in [2.45, 2.75) is 0 Å². The van der Waals surface area contributed by atoms with E-state index in [1.807, 2.05) is 30.3 Å². The third-order valence-electron chi connectivity index (χ3n) is 5.18. The Balaban J connectivity index is 1.16. The molecule has 30 heavy (non-hydrogen) atoms. The molecule has 1 N–H and O–H groups in total. The van der Waals surface area contributed by atoms with Crippen molar-refractivity contribution in [1.82, 2.24) is 15.1 Å². The third-order valence-corrected chi connectivity index (χ3v) is 5.18. The monoisotopic (exact) mass is 411 g/mol. The Kier molecular flexibility index (Phi) is 6.34. The van der Waals surface area contributed by atoms with Gasteiger partial charge < -0.3 is 24.4 Å². The molecule has 0 atom stereocenters. The van der Waals surface area contributed by atoms with E-state index in [2.05, 4.69) is 10.2 Å². The molecule has 2 amide bonds. The smallest absolute Gasteiger partial charge is 0.251 e. The van der Waals surface area contributed by atoms with E-state index in [0.29, 0.717) is 36.8 Å². The summed E-state index contributed by atoms with van der Waals surface area (Å²) in [5, 5.41) is 2.69. The summed E-state index contributed by atoms with van der Waals surface area (Å²) in [7, 11) is 0. The van der Waals surface area contributed by atoms with Crippen molar-refractivity contribution >= 4 is 11.8 Å². The van der Waals surface area contributed by atoms with Gasteiger partial charge in [0.05, 0.1) is 6.54 Å². The van der Waals surface area contributed by atoms with Crippen LogP contribution in [0.15, 0.2) is 48.5 Å². The molecule has 0 spiro atoms. The van der Waals surface area contributed by atoms with Crippen molar-refractivity contribution in [1.29, 1.82) is 0 Å². The first-order valence-corrected chi connectivity index (χ1v) is 10.0. The first-order chi connectivity index (χ1) is 14.7. The Bertz CT molecular complexity index is 882. The first kappa shape index (κ1) is 20.0. The topological polar surface area (TPSA) is 80.3 Å². The van der Waals surface area contributed by atoms with Crippen LogP contribution >= 0.6 is 0 Å². The molecule has 4 rings (SSSR count). The van der Waals surface area contributed by atoms with Crippen molar-refractivity contribution in [2.24, 2.45) is 0 Å². The van der Waals surface area contributed by atoms with E-state index in [-0.39, 0.29) is 25.2 Å². The predicted octanol–water partition coefficient (Wildman–Crippen LogP) is 1.37. The average Bonchev–Trinajstić information content (AvgIpc) is 3.26. The average molecular weight is 411 g/mol. The van der Waals surface area contributed by atoms with E-state index in [0.717, 1.165) is 25.4 Å². The van der Waals surface area contributed by atoms with Crippen LogP contribution in [0.25, 0.3) is 0 Å². The van der Waals surface area contributed by atoms with Gasteiger partial charge in [-0.2, -0.15) is 0 Å². The molecule has 0 unspecified atom stereocenters. The Morgan fingerprint density at radius 2 is 1.73 bits per heavy atom. The minimum Gasteiger partial charge on any atom is -0.492 e. The number of piperazine rings is 1. The lowest BCUT2D eigenvalue weighted by Gasteiger charge is -2.34. The van der Waals surface area contributed by atoms with Gasteiger partial charge in [0.2, 0.25) is 12.7 Å². The summed E-state index contributed by atoms with van der Waals surface area (Å²) in [6.45, 7) is 4.43. The highest BCUT2D eigenvalue weighted by Crippen LogP contribution is 2.32. The standard InChI is InChI=1S/C22H25N3O5/c26-21(15-23-22(27)17-6-7-19-20(14-17)30-16-29-19)25-10-8-24(9-11-25)12-13-28-18-4-2-1-3-5-18/h1-7,14H,8-13,15-16H2,(H,23,27). The van der Waals surface area contributed by atoms with Gasteiger partial charge in [0.1, 0.15) is 12.4 Å². The van der Waals surface area contributed by atoms with Gasteiger partial charge >= 0.3 is 0 Å². The molecule has 1 fully saturated rings. The number of para-hydroxylation sites is 1. The molecule has 0 radical (unpaired) electrons. The Morgan fingerprint density at radius 3 is 2.53 bits per heavy atom. The lowest BCUT2D eigenvalue weighted by molar-refractivity contribution is -0.131. The fraction of sp³-hybridized carbons (Fsp3) is 0.364. The summed E-state index contributed by atoms with van der Waals surface area (Å²) >= 11 is 0. The van der Waals surface area contributed by atoms with Gasteiger partial charge in [0, 0.05) is 38.3 Å². The van der Waals surface area contributed by atoms with Gasteiger partial charge in [-0.05, 0) is 30.3 Å². The SMILES string of the molecule is O=C(NCC(=O)N1CCN(CCOc2ccccc2)CC1)c1ccc2c(c1)OCO2. The predicted molar refractivity (Wildman–Crippen MR) is 110 cm³/mol. The second-order valence-corrected chi connectivity index (χ2v) is 7.13. The van der Waals surface area contributed by atoms with E-state index in [1.165, 1.54) is 0 Å². The maximum absolute atomic E-state index is 12.5. The Hall–Kier alpha value is -3.26. The normalized spacial score (nSPS) is 15.7. The number of amides is 2. The van der Waals surface area contributed by atoms with Crippen LogP contribution in [0.4, 0.5) is 0 Å². The van der Waals surface area contributed by atoms with Crippen LogP contribution in [0.1, 0.15) is 10.4 Å². The molecule has 8 nitrogen and oxygen atoms in total. The first-order valence-electron chi connectivity index (χ1n) is 10.0. The summed E-state index contributed by atoms with van der Waals surface area (Å²) < 4.78 is 16.3. The van der Waals surface area contributed by atoms with Crippen LogP contribution in [0.2, 0.25) is 0 Å². The van der Waals surface area contributed by atoms with Crippen LogP contribution in [0, 0.1) is 0 Å². The molecule has 0 bridgehead atoms. The Morgan fingerprint density at radius 1 is 0.967 bits per heavy atom. The summed E-state index contributed by atoms with van der Waals surface area (Å²) in [5.74, 6) is 1.64. The van der Waals surface area contributed by atoms with Gasteiger partial charge in [-0.15, -0.1) is 0 Å². The fourth-order valence-electron chi connectivity index (χ4n) is 3.44. The summed E-state index contributed by atoms with van der Waals surface area (Å²) in [4.78, 5) is 28.8. The van der Waals surface area contributed by atoms with Gasteiger partial charge in [0.15, 0.2) is 11.5 Å². The van der Waals surface area contributed by atoms with E-state index in [1.54, 1.807) is 23.1 Å². The molecule has 2 heterocycles. The number of carbonyl (C=O) groups excluding carboxylic acids is 2. The van der Waals surface area contributed by atoms with E-state index in [9.17, 15) is 9.59 Å². The molecule has 8 heteroatoms. The third kappa shape index (κ3) is 5.01. The number of nitrogens with one attached hydrogen (secondary N) is 1. The number of hydrogen-bond acceptors (Lipinski definition) is 6. The molecule has 0 aliphatic carbocycles. The highest BCUT2D eigenvalue weighted by molar-refractivity contribution is 5.97. The van der Waals surface area contributed by atoms with Crippen LogP contribution in [-0.4, -0.2) is 74.3 Å². The van der Waals surface area contributed by atoms with Crippen LogP contribution in [-0.2, 0) is 4.79 Å². The van der Waals surface area contributed by atoms with Crippen molar-refractivity contribution in [2.75, 3.05) is 52.7 Å². The number of hydrogen-bond donors (Lipinski definition) is 1. The molecule has 2 aliphatic rings. The number of benzene rings is 2. The molecule has 158 valence electrons. The molecule has 2 aromatic rings. The minimum absolute atomic E-state index is 0.0234. The molecule has 0 saturated carbocycles. The second kappa shape index (κ2) is 9.49. The number of ether oxygens (including phenoxy) is 3. The molecule has 2 aromatic carbocycles. The molecule has 0 aromatic heterocycles. The largest absolute Gasteiger partial charge is 0.492 e. The zero-order chi connectivity index (χ0) is 20.8. The number of rotatable bonds is 7. The quantitative estimate of drug-likeness (QED) is 0.741. The van der Waals surface area contributed by atoms with Crippen LogP contribution < -0.4 is 19.5 Å². The van der Waals surface area contributed by atoms with Crippen molar-refractivity contribution in [3.63, 3.8) is 0 Å². The molecule has 2 aliphatic heterocycles. The maximum Gasteiger partial charge on any atom is 0.251 e. The van der Waals surface area contributed by atoms with Gasteiger partial charge in [-0.1, -0.05) is 18.2 Å². The molecular formula is C22H25N3O5. The zero-order valence-electron chi connectivity index (χ0n) is 16.7. The molecule has 1 saturated heterocycles. The van der Waals surface area contributed by atoms with Crippen LogP contribution in [0.5, 0.6) is 17.2 Å². The number of nitrogens with zero attached hydrogens (tertiary/aromatic N) is 2. The van der Waals surface area contributed by atoms with Crippen molar-refractivity contribution in [3.05, 3.63) is 54.1 Å². The number of carbonyl (C=O) groups is 2. The second-order valence-electron chi connectivity index (χ2n) is 7.13. The van der Waals surface area contributed by atoms with Crippen LogP contribution in [0.3, 0.4) is 0 Å². The van der Waals surface area contributed by atoms with Gasteiger partial charge in [-0.3, -0.25) is 14.5 Å². The van der Waals surface area contributed by atoms with Crippen molar-refractivity contribution < 1.29 is 23.8 Å². The van der Waals surface area contributed by atoms with E-state index in [4.69, 9.17) is 14.2 Å². The highest BCUT2D eigenvalue weighted by atomic mass is 16.7. The van der Waals surface area contributed by atoms with E-state index < -0.39 is 0 Å². The molecular weight excluding hydrogens is 386 g/mol. The fourth-order valence-corrected chi connectivity index (χ4v) is 3.44. The van der Waals surface area contributed by atoms with Crippen molar-refractivity contribution in [3.8, 4) is 17.2 Å². The van der Waals surface area contributed by atoms with E-state index >= 15 is 0 Å². The Labute approximate surface area is 175 Å². The summed E-state index contributed by atoms with van der Waals surface area (Å²) in [5.41, 5.74) is 0.440. The summed E-state index contributed by atoms with van der Waals surface area (Å²) in [6, 6.07) is 14.7. The van der Waals surface area contributed by atoms with Gasteiger partial charge in [-0.25, -0.2) is 0 Å². The lowest BCUT2D eigenvalue weighted by atomic mass is 10.2. The zero-order valence-corrected chi connectivity index (χ0v) is 16.7. The van der Waals surface area contributed by atoms with Gasteiger partial charge in [0.25, 0.3) is 5.91 Å². The highest BCUT2D eigenvalue weighted by Gasteiger charge is 2.22. The number of fused-ring (bicyclic) bond motifs is 1. The maximum atomic E-state index is 12.5. The lowest BCUT2D eigenvalue weighted by Crippen LogP contribution is -2.51. The minimum atomic E-state index is -0.307. The summed E-state index contributed by atoms with van der Waals surface area (Å²) in [6.07, 6.45) is 0.